The Morgan fingerprint density at radius 1 is 1.20 bits per heavy atom. The van der Waals surface area contributed by atoms with Gasteiger partial charge < -0.3 is 10.2 Å². The van der Waals surface area contributed by atoms with Crippen LogP contribution in [0.25, 0.3) is 0 Å². The molecule has 1 unspecified atom stereocenters. The van der Waals surface area contributed by atoms with Crippen LogP contribution in [0.15, 0.2) is 24.4 Å². The second kappa shape index (κ2) is 8.22. The van der Waals surface area contributed by atoms with Crippen molar-refractivity contribution in [2.75, 3.05) is 44.7 Å². The van der Waals surface area contributed by atoms with E-state index in [1.54, 1.807) is 0 Å². The molecule has 1 aromatic rings. The molecular weight excluding hydrogens is 248 g/mol. The number of rotatable bonds is 7. The third-order valence-corrected chi connectivity index (χ3v) is 4.20. The van der Waals surface area contributed by atoms with Gasteiger partial charge in [0.05, 0.1) is 0 Å². The molecule has 1 saturated heterocycles. The first-order chi connectivity index (χ1) is 9.79. The number of hydrogen-bond donors (Lipinski definition) is 1. The van der Waals surface area contributed by atoms with Crippen molar-refractivity contribution in [2.45, 2.75) is 32.2 Å². The van der Waals surface area contributed by atoms with Crippen molar-refractivity contribution in [1.82, 2.24) is 15.2 Å². The topological polar surface area (TPSA) is 31.4 Å². The third kappa shape index (κ3) is 4.76. The Kier molecular flexibility index (Phi) is 6.27. The lowest BCUT2D eigenvalue weighted by molar-refractivity contribution is 0.250. The summed E-state index contributed by atoms with van der Waals surface area (Å²) in [5.41, 5.74) is 0. The van der Waals surface area contributed by atoms with Crippen LogP contribution < -0.4 is 10.2 Å². The summed E-state index contributed by atoms with van der Waals surface area (Å²) < 4.78 is 0. The molecule has 0 spiro atoms. The van der Waals surface area contributed by atoms with E-state index in [4.69, 9.17) is 0 Å². The molecule has 0 aliphatic carbocycles. The Balaban J connectivity index is 1.62. The van der Waals surface area contributed by atoms with Gasteiger partial charge in [0, 0.05) is 38.4 Å². The second-order valence-corrected chi connectivity index (χ2v) is 5.70. The van der Waals surface area contributed by atoms with Crippen LogP contribution in [-0.2, 0) is 0 Å². The Morgan fingerprint density at radius 2 is 2.00 bits per heavy atom. The SMILES string of the molecule is CNC(C)CCCCN1CCN(c2ccccn2)CC1. The molecule has 0 amide bonds. The van der Waals surface area contributed by atoms with E-state index in [-0.39, 0.29) is 0 Å². The van der Waals surface area contributed by atoms with Crippen LogP contribution in [0.5, 0.6) is 0 Å². The molecule has 0 saturated carbocycles. The van der Waals surface area contributed by atoms with E-state index >= 15 is 0 Å². The Labute approximate surface area is 123 Å². The van der Waals surface area contributed by atoms with Gasteiger partial charge >= 0.3 is 0 Å². The molecule has 1 N–H and O–H groups in total. The molecule has 112 valence electrons. The summed E-state index contributed by atoms with van der Waals surface area (Å²) >= 11 is 0. The van der Waals surface area contributed by atoms with Gasteiger partial charge in [-0.25, -0.2) is 4.98 Å². The number of pyridine rings is 1. The normalized spacial score (nSPS) is 18.2. The van der Waals surface area contributed by atoms with Crippen LogP contribution in [0.1, 0.15) is 26.2 Å². The highest BCUT2D eigenvalue weighted by molar-refractivity contribution is 5.38. The zero-order valence-electron chi connectivity index (χ0n) is 12.9. The predicted octanol–water partition coefficient (Wildman–Crippen LogP) is 1.98. The molecule has 1 aliphatic rings. The number of aromatic nitrogens is 1. The van der Waals surface area contributed by atoms with Crippen LogP contribution in [0.4, 0.5) is 5.82 Å². The highest BCUT2D eigenvalue weighted by Gasteiger charge is 2.17. The average Bonchev–Trinajstić information content (AvgIpc) is 2.52. The fourth-order valence-electron chi connectivity index (χ4n) is 2.67. The zero-order valence-corrected chi connectivity index (χ0v) is 12.9. The molecule has 2 heterocycles. The highest BCUT2D eigenvalue weighted by atomic mass is 15.3. The van der Waals surface area contributed by atoms with E-state index in [1.807, 2.05) is 19.3 Å². The smallest absolute Gasteiger partial charge is 0.128 e. The summed E-state index contributed by atoms with van der Waals surface area (Å²) in [4.78, 5) is 9.41. The molecule has 4 heteroatoms. The van der Waals surface area contributed by atoms with Gasteiger partial charge in [0.1, 0.15) is 5.82 Å². The van der Waals surface area contributed by atoms with Crippen LogP contribution in [0.2, 0.25) is 0 Å². The van der Waals surface area contributed by atoms with Crippen molar-refractivity contribution < 1.29 is 0 Å². The second-order valence-electron chi connectivity index (χ2n) is 5.70. The first-order valence-corrected chi connectivity index (χ1v) is 7.85. The van der Waals surface area contributed by atoms with E-state index in [0.29, 0.717) is 6.04 Å². The molecule has 0 radical (unpaired) electrons. The van der Waals surface area contributed by atoms with Gasteiger partial charge in [-0.15, -0.1) is 0 Å². The lowest BCUT2D eigenvalue weighted by Gasteiger charge is -2.35. The first-order valence-electron chi connectivity index (χ1n) is 7.85. The molecule has 4 nitrogen and oxygen atoms in total. The van der Waals surface area contributed by atoms with Crippen LogP contribution in [0.3, 0.4) is 0 Å². The number of anilines is 1. The summed E-state index contributed by atoms with van der Waals surface area (Å²) in [6.45, 7) is 8.03. The fourth-order valence-corrected chi connectivity index (χ4v) is 2.67. The van der Waals surface area contributed by atoms with Gasteiger partial charge in [0.15, 0.2) is 0 Å². The molecule has 1 fully saturated rings. The molecular formula is C16H28N4. The lowest BCUT2D eigenvalue weighted by atomic mass is 10.1. The number of hydrogen-bond acceptors (Lipinski definition) is 4. The van der Waals surface area contributed by atoms with E-state index < -0.39 is 0 Å². The number of nitrogens with one attached hydrogen (secondary N) is 1. The number of unbranched alkanes of at least 4 members (excludes halogenated alkanes) is 1. The minimum Gasteiger partial charge on any atom is -0.354 e. The highest BCUT2D eigenvalue weighted by Crippen LogP contribution is 2.13. The largest absolute Gasteiger partial charge is 0.354 e. The van der Waals surface area contributed by atoms with Crippen molar-refractivity contribution in [3.05, 3.63) is 24.4 Å². The van der Waals surface area contributed by atoms with Crippen molar-refractivity contribution in [3.63, 3.8) is 0 Å². The maximum Gasteiger partial charge on any atom is 0.128 e. The monoisotopic (exact) mass is 276 g/mol. The van der Waals surface area contributed by atoms with E-state index in [9.17, 15) is 0 Å². The minimum atomic E-state index is 0.649. The molecule has 0 aromatic carbocycles. The summed E-state index contributed by atoms with van der Waals surface area (Å²) in [6.07, 6.45) is 5.80. The van der Waals surface area contributed by atoms with Gasteiger partial charge in [-0.05, 0) is 45.5 Å². The average molecular weight is 276 g/mol. The first kappa shape index (κ1) is 15.3. The van der Waals surface area contributed by atoms with Crippen molar-refractivity contribution >= 4 is 5.82 Å². The Morgan fingerprint density at radius 3 is 2.65 bits per heavy atom. The van der Waals surface area contributed by atoms with Gasteiger partial charge in [-0.3, -0.25) is 4.90 Å². The predicted molar refractivity (Wildman–Crippen MR) is 85.3 cm³/mol. The van der Waals surface area contributed by atoms with Crippen molar-refractivity contribution in [3.8, 4) is 0 Å². The van der Waals surface area contributed by atoms with E-state index in [2.05, 4.69) is 39.2 Å². The molecule has 2 rings (SSSR count). The van der Waals surface area contributed by atoms with E-state index in [0.717, 1.165) is 32.0 Å². The van der Waals surface area contributed by atoms with Crippen molar-refractivity contribution in [2.24, 2.45) is 0 Å². The Bertz CT molecular complexity index is 360. The quantitative estimate of drug-likeness (QED) is 0.772. The summed E-state index contributed by atoms with van der Waals surface area (Å²) in [5, 5.41) is 3.30. The molecule has 1 aliphatic heterocycles. The van der Waals surface area contributed by atoms with Crippen LogP contribution in [-0.4, -0.2) is 55.7 Å². The van der Waals surface area contributed by atoms with E-state index in [1.165, 1.54) is 25.8 Å². The molecule has 20 heavy (non-hydrogen) atoms. The maximum absolute atomic E-state index is 4.43. The molecule has 0 bridgehead atoms. The zero-order chi connectivity index (χ0) is 14.2. The van der Waals surface area contributed by atoms with Crippen LogP contribution in [0, 0.1) is 0 Å². The fraction of sp³-hybridized carbons (Fsp3) is 0.688. The minimum absolute atomic E-state index is 0.649. The summed E-state index contributed by atoms with van der Waals surface area (Å²) in [5.74, 6) is 1.12. The Hall–Kier alpha value is -1.13. The maximum atomic E-state index is 4.43. The van der Waals surface area contributed by atoms with Gasteiger partial charge in [-0.1, -0.05) is 12.5 Å². The van der Waals surface area contributed by atoms with Gasteiger partial charge in [0.2, 0.25) is 0 Å². The summed E-state index contributed by atoms with van der Waals surface area (Å²) in [7, 11) is 2.04. The van der Waals surface area contributed by atoms with Gasteiger partial charge in [-0.2, -0.15) is 0 Å². The van der Waals surface area contributed by atoms with Crippen LogP contribution >= 0.6 is 0 Å². The summed E-state index contributed by atoms with van der Waals surface area (Å²) in [6, 6.07) is 6.80. The lowest BCUT2D eigenvalue weighted by Crippen LogP contribution is -2.46. The standard InChI is InChI=1S/C16H28N4/c1-15(17-2)7-4-6-10-19-11-13-20(14-12-19)16-8-3-5-9-18-16/h3,5,8-9,15,17H,4,6-7,10-14H2,1-2H3. The number of piperazine rings is 1. The molecule has 1 atom stereocenters. The third-order valence-electron chi connectivity index (χ3n) is 4.20. The van der Waals surface area contributed by atoms with Crippen molar-refractivity contribution in [1.29, 1.82) is 0 Å². The number of nitrogens with zero attached hydrogens (tertiary/aromatic N) is 3. The van der Waals surface area contributed by atoms with Gasteiger partial charge in [0.25, 0.3) is 0 Å². The molecule has 1 aromatic heterocycles.